The Labute approximate surface area is 104 Å². The van der Waals surface area contributed by atoms with E-state index in [4.69, 9.17) is 4.74 Å². The van der Waals surface area contributed by atoms with Gasteiger partial charge in [-0.1, -0.05) is 13.8 Å². The Morgan fingerprint density at radius 3 is 2.47 bits per heavy atom. The van der Waals surface area contributed by atoms with Gasteiger partial charge in [-0.15, -0.1) is 0 Å². The Balaban J connectivity index is 2.64. The molecular weight excluding hydrogens is 218 g/mol. The summed E-state index contributed by atoms with van der Waals surface area (Å²) in [6.45, 7) is 10.6. The normalized spacial score (nSPS) is 26.2. The maximum absolute atomic E-state index is 11.9. The molecule has 4 heteroatoms. The van der Waals surface area contributed by atoms with Gasteiger partial charge in [-0.25, -0.2) is 4.79 Å². The van der Waals surface area contributed by atoms with Crippen LogP contribution in [0.3, 0.4) is 0 Å². The summed E-state index contributed by atoms with van der Waals surface area (Å²) in [7, 11) is 0. The predicted octanol–water partition coefficient (Wildman–Crippen LogP) is 2.40. The first kappa shape index (κ1) is 14.3. The van der Waals surface area contributed by atoms with E-state index < -0.39 is 11.2 Å². The van der Waals surface area contributed by atoms with Gasteiger partial charge in [0, 0.05) is 6.54 Å². The number of aliphatic hydroxyl groups is 1. The topological polar surface area (TPSA) is 49.8 Å². The minimum atomic E-state index is -0.769. The van der Waals surface area contributed by atoms with E-state index in [-0.39, 0.29) is 12.0 Å². The van der Waals surface area contributed by atoms with E-state index in [0.29, 0.717) is 13.1 Å². The van der Waals surface area contributed by atoms with Gasteiger partial charge < -0.3 is 14.7 Å². The number of hydrogen-bond acceptors (Lipinski definition) is 3. The van der Waals surface area contributed by atoms with Gasteiger partial charge in [0.15, 0.2) is 0 Å². The number of rotatable bonds is 1. The lowest BCUT2D eigenvalue weighted by Crippen LogP contribution is -2.53. The monoisotopic (exact) mass is 243 g/mol. The van der Waals surface area contributed by atoms with Crippen LogP contribution in [-0.2, 0) is 4.74 Å². The molecule has 0 radical (unpaired) electrons. The van der Waals surface area contributed by atoms with Crippen molar-refractivity contribution in [2.24, 2.45) is 5.92 Å². The van der Waals surface area contributed by atoms with E-state index in [1.165, 1.54) is 0 Å². The van der Waals surface area contributed by atoms with Crippen molar-refractivity contribution >= 4 is 6.09 Å². The quantitative estimate of drug-likeness (QED) is 0.769. The molecule has 0 aromatic rings. The van der Waals surface area contributed by atoms with Crippen LogP contribution in [0.15, 0.2) is 0 Å². The lowest BCUT2D eigenvalue weighted by Gasteiger charge is -2.41. The fourth-order valence-corrected chi connectivity index (χ4v) is 2.02. The Bertz CT molecular complexity index is 283. The van der Waals surface area contributed by atoms with Crippen LogP contribution < -0.4 is 0 Å². The number of nitrogens with zero attached hydrogens (tertiary/aromatic N) is 1. The van der Waals surface area contributed by atoms with Crippen molar-refractivity contribution in [2.45, 2.75) is 58.7 Å². The highest BCUT2D eigenvalue weighted by molar-refractivity contribution is 5.68. The van der Waals surface area contributed by atoms with Gasteiger partial charge in [-0.3, -0.25) is 0 Å². The van der Waals surface area contributed by atoms with Gasteiger partial charge in [0.2, 0.25) is 0 Å². The van der Waals surface area contributed by atoms with Crippen molar-refractivity contribution in [3.05, 3.63) is 0 Å². The number of hydrogen-bond donors (Lipinski definition) is 1. The third-order valence-corrected chi connectivity index (χ3v) is 3.23. The van der Waals surface area contributed by atoms with Crippen LogP contribution in [0.4, 0.5) is 4.79 Å². The summed E-state index contributed by atoms with van der Waals surface area (Å²) >= 11 is 0. The highest BCUT2D eigenvalue weighted by Gasteiger charge is 2.38. The first-order chi connectivity index (χ1) is 7.64. The molecule has 1 saturated heterocycles. The van der Waals surface area contributed by atoms with Crippen LogP contribution >= 0.6 is 0 Å². The van der Waals surface area contributed by atoms with Crippen molar-refractivity contribution in [3.8, 4) is 0 Å². The lowest BCUT2D eigenvalue weighted by atomic mass is 9.83. The van der Waals surface area contributed by atoms with E-state index in [1.54, 1.807) is 4.90 Å². The molecule has 1 atom stereocenters. The van der Waals surface area contributed by atoms with Crippen molar-refractivity contribution in [1.29, 1.82) is 0 Å². The zero-order valence-electron chi connectivity index (χ0n) is 11.6. The van der Waals surface area contributed by atoms with Crippen LogP contribution in [0.5, 0.6) is 0 Å². The second-order valence-electron chi connectivity index (χ2n) is 6.26. The number of carbonyl (C=O) groups excluding carboxylic acids is 1. The van der Waals surface area contributed by atoms with Gasteiger partial charge in [-0.2, -0.15) is 0 Å². The molecule has 1 N–H and O–H groups in total. The summed E-state index contributed by atoms with van der Waals surface area (Å²) in [6, 6.07) is 0. The molecule has 0 aliphatic carbocycles. The molecule has 0 bridgehead atoms. The van der Waals surface area contributed by atoms with Crippen LogP contribution in [0.1, 0.15) is 47.5 Å². The highest BCUT2D eigenvalue weighted by Crippen LogP contribution is 2.29. The Kier molecular flexibility index (Phi) is 4.07. The van der Waals surface area contributed by atoms with Gasteiger partial charge in [0.1, 0.15) is 5.60 Å². The van der Waals surface area contributed by atoms with E-state index in [1.807, 2.05) is 34.6 Å². The maximum atomic E-state index is 11.9. The molecule has 1 rings (SSSR count). The molecule has 0 aromatic heterocycles. The fourth-order valence-electron chi connectivity index (χ4n) is 2.02. The zero-order valence-corrected chi connectivity index (χ0v) is 11.6. The van der Waals surface area contributed by atoms with Crippen molar-refractivity contribution in [1.82, 2.24) is 4.90 Å². The van der Waals surface area contributed by atoms with Gasteiger partial charge >= 0.3 is 6.09 Å². The average molecular weight is 243 g/mol. The molecule has 17 heavy (non-hydrogen) atoms. The van der Waals surface area contributed by atoms with Crippen LogP contribution in [-0.4, -0.2) is 40.4 Å². The summed E-state index contributed by atoms with van der Waals surface area (Å²) in [4.78, 5) is 13.5. The van der Waals surface area contributed by atoms with Crippen LogP contribution in [0, 0.1) is 5.92 Å². The predicted molar refractivity (Wildman–Crippen MR) is 66.8 cm³/mol. The number of β-amino-alcohol motifs (C(OH)–C–C–N with tert-alkyl or cyclic N) is 1. The van der Waals surface area contributed by atoms with Crippen LogP contribution in [0.2, 0.25) is 0 Å². The second-order valence-corrected chi connectivity index (χ2v) is 6.26. The molecular formula is C13H25NO3. The summed E-state index contributed by atoms with van der Waals surface area (Å²) in [5, 5.41) is 10.4. The number of carbonyl (C=O) groups is 1. The molecule has 1 heterocycles. The SMILES string of the molecule is CC(C)[C@]1(O)CCCN(C(=O)OC(C)(C)C)C1. The molecule has 0 saturated carbocycles. The fraction of sp³-hybridized carbons (Fsp3) is 0.923. The molecule has 1 amide bonds. The van der Waals surface area contributed by atoms with E-state index in [0.717, 1.165) is 12.8 Å². The van der Waals surface area contributed by atoms with E-state index in [9.17, 15) is 9.90 Å². The largest absolute Gasteiger partial charge is 0.444 e. The molecule has 0 unspecified atom stereocenters. The molecule has 0 spiro atoms. The van der Waals surface area contributed by atoms with Gasteiger partial charge in [-0.05, 0) is 39.5 Å². The molecule has 1 fully saturated rings. The summed E-state index contributed by atoms with van der Waals surface area (Å²) in [6.07, 6.45) is 1.26. The van der Waals surface area contributed by atoms with Crippen molar-refractivity contribution in [3.63, 3.8) is 0 Å². The highest BCUT2D eigenvalue weighted by atomic mass is 16.6. The second kappa shape index (κ2) is 4.84. The number of likely N-dealkylation sites (tertiary alicyclic amines) is 1. The molecule has 100 valence electrons. The third-order valence-electron chi connectivity index (χ3n) is 3.23. The number of ether oxygens (including phenoxy) is 1. The minimum absolute atomic E-state index is 0.146. The van der Waals surface area contributed by atoms with Gasteiger partial charge in [0.05, 0.1) is 12.1 Å². The summed E-state index contributed by atoms with van der Waals surface area (Å²) in [5.41, 5.74) is -1.25. The lowest BCUT2D eigenvalue weighted by molar-refractivity contribution is -0.0689. The molecule has 1 aliphatic rings. The Morgan fingerprint density at radius 1 is 1.41 bits per heavy atom. The molecule has 0 aromatic carbocycles. The number of piperidine rings is 1. The maximum Gasteiger partial charge on any atom is 0.410 e. The van der Waals surface area contributed by atoms with Crippen LogP contribution in [0.25, 0.3) is 0 Å². The smallest absolute Gasteiger partial charge is 0.410 e. The Hall–Kier alpha value is -0.770. The summed E-state index contributed by atoms with van der Waals surface area (Å²) < 4.78 is 5.33. The minimum Gasteiger partial charge on any atom is -0.444 e. The van der Waals surface area contributed by atoms with Crippen molar-refractivity contribution in [2.75, 3.05) is 13.1 Å². The Morgan fingerprint density at radius 2 is 2.00 bits per heavy atom. The van der Waals surface area contributed by atoms with E-state index in [2.05, 4.69) is 0 Å². The van der Waals surface area contributed by atoms with Crippen molar-refractivity contribution < 1.29 is 14.6 Å². The molecule has 1 aliphatic heterocycles. The molecule has 4 nitrogen and oxygen atoms in total. The van der Waals surface area contributed by atoms with E-state index >= 15 is 0 Å². The summed E-state index contributed by atoms with van der Waals surface area (Å²) in [5.74, 6) is 0.146. The number of amides is 1. The zero-order chi connectivity index (χ0) is 13.3. The van der Waals surface area contributed by atoms with Gasteiger partial charge in [0.25, 0.3) is 0 Å². The first-order valence-electron chi connectivity index (χ1n) is 6.34. The standard InChI is InChI=1S/C13H25NO3/c1-10(2)13(16)7-6-8-14(9-13)11(15)17-12(3,4)5/h10,16H,6-9H2,1-5H3/t13-/m0/s1. The third kappa shape index (κ3) is 3.87. The first-order valence-corrected chi connectivity index (χ1v) is 6.34. The average Bonchev–Trinajstić information content (AvgIpc) is 2.15.